The lowest BCUT2D eigenvalue weighted by atomic mass is 10.4. The summed E-state index contributed by atoms with van der Waals surface area (Å²) >= 11 is 1.35. The molecule has 0 saturated carbocycles. The lowest BCUT2D eigenvalue weighted by Crippen LogP contribution is -1.93. The van der Waals surface area contributed by atoms with Crippen molar-refractivity contribution in [1.29, 1.82) is 0 Å². The molecule has 0 aliphatic heterocycles. The smallest absolute Gasteiger partial charge is 0.384 e. The molecule has 0 aliphatic carbocycles. The van der Waals surface area contributed by atoms with Crippen molar-refractivity contribution in [2.24, 2.45) is 0 Å². The van der Waals surface area contributed by atoms with E-state index in [2.05, 4.69) is 16.6 Å². The third-order valence-electron chi connectivity index (χ3n) is 1.29. The van der Waals surface area contributed by atoms with E-state index in [4.69, 9.17) is 5.11 Å². The maximum absolute atomic E-state index is 10.6. The van der Waals surface area contributed by atoms with Crippen molar-refractivity contribution in [3.05, 3.63) is 21.9 Å². The van der Waals surface area contributed by atoms with Crippen LogP contribution in [-0.2, 0) is 16.1 Å². The number of rotatable bonds is 1. The molecule has 0 aliphatic rings. The average molecular weight is 196 g/mol. The number of aliphatic hydroxyl groups excluding tert-OH is 1. The minimum Gasteiger partial charge on any atom is -0.459 e. The molecule has 0 saturated heterocycles. The summed E-state index contributed by atoms with van der Waals surface area (Å²) in [6, 6.07) is 3.53. The number of hydrogen-bond donors (Lipinski definition) is 1. The SMILES string of the molecule is COC(=O)C#Cc1ccc(CO)s1. The summed E-state index contributed by atoms with van der Waals surface area (Å²) in [4.78, 5) is 12.2. The number of hydrogen-bond acceptors (Lipinski definition) is 4. The highest BCUT2D eigenvalue weighted by atomic mass is 32.1. The summed E-state index contributed by atoms with van der Waals surface area (Å²) in [5.41, 5.74) is 0. The standard InChI is InChI=1S/C9H8O3S/c1-12-9(11)5-4-7-2-3-8(6-10)13-7/h2-3,10H,6H2,1H3. The van der Waals surface area contributed by atoms with Gasteiger partial charge >= 0.3 is 5.97 Å². The first-order valence-corrected chi connectivity index (χ1v) is 4.37. The second-order valence-electron chi connectivity index (χ2n) is 2.17. The van der Waals surface area contributed by atoms with E-state index in [1.807, 2.05) is 0 Å². The molecular weight excluding hydrogens is 188 g/mol. The van der Waals surface area contributed by atoms with E-state index in [9.17, 15) is 4.79 Å². The molecule has 0 bridgehead atoms. The Hall–Kier alpha value is -1.31. The largest absolute Gasteiger partial charge is 0.459 e. The van der Waals surface area contributed by atoms with Crippen LogP contribution < -0.4 is 0 Å². The van der Waals surface area contributed by atoms with Gasteiger partial charge in [0.15, 0.2) is 0 Å². The predicted molar refractivity (Wildman–Crippen MR) is 49.1 cm³/mol. The number of carbonyl (C=O) groups is 1. The van der Waals surface area contributed by atoms with Crippen LogP contribution in [-0.4, -0.2) is 18.2 Å². The zero-order chi connectivity index (χ0) is 9.68. The average Bonchev–Trinajstić information content (AvgIpc) is 2.61. The van der Waals surface area contributed by atoms with Crippen molar-refractivity contribution in [3.63, 3.8) is 0 Å². The minimum atomic E-state index is -0.557. The normalized spacial score (nSPS) is 8.77. The van der Waals surface area contributed by atoms with Gasteiger partial charge in [0.05, 0.1) is 18.6 Å². The van der Waals surface area contributed by atoms with E-state index in [0.29, 0.717) is 0 Å². The van der Waals surface area contributed by atoms with Crippen molar-refractivity contribution in [2.45, 2.75) is 6.61 Å². The Bertz CT molecular complexity index is 356. The van der Waals surface area contributed by atoms with Crippen LogP contribution in [0.1, 0.15) is 9.75 Å². The van der Waals surface area contributed by atoms with Crippen LogP contribution >= 0.6 is 11.3 Å². The summed E-state index contributed by atoms with van der Waals surface area (Å²) < 4.78 is 4.35. The molecule has 0 spiro atoms. The molecule has 0 unspecified atom stereocenters. The topological polar surface area (TPSA) is 46.5 Å². The van der Waals surface area contributed by atoms with E-state index in [-0.39, 0.29) is 6.61 Å². The lowest BCUT2D eigenvalue weighted by molar-refractivity contribution is -0.133. The van der Waals surface area contributed by atoms with Gasteiger partial charge in [-0.1, -0.05) is 0 Å². The Labute approximate surface area is 80.0 Å². The van der Waals surface area contributed by atoms with Gasteiger partial charge < -0.3 is 9.84 Å². The van der Waals surface area contributed by atoms with E-state index in [1.54, 1.807) is 12.1 Å². The van der Waals surface area contributed by atoms with Gasteiger partial charge in [0, 0.05) is 10.8 Å². The predicted octanol–water partition coefficient (Wildman–Crippen LogP) is 0.765. The first-order chi connectivity index (χ1) is 6.26. The van der Waals surface area contributed by atoms with E-state index in [1.165, 1.54) is 18.4 Å². The van der Waals surface area contributed by atoms with Gasteiger partial charge in [-0.15, -0.1) is 11.3 Å². The Balaban J connectivity index is 2.72. The molecule has 13 heavy (non-hydrogen) atoms. The summed E-state index contributed by atoms with van der Waals surface area (Å²) in [5, 5.41) is 8.75. The first kappa shape index (κ1) is 9.78. The van der Waals surface area contributed by atoms with Crippen LogP contribution in [0.25, 0.3) is 0 Å². The van der Waals surface area contributed by atoms with E-state index < -0.39 is 5.97 Å². The maximum atomic E-state index is 10.6. The molecule has 4 heteroatoms. The van der Waals surface area contributed by atoms with Crippen molar-refractivity contribution in [1.82, 2.24) is 0 Å². The van der Waals surface area contributed by atoms with Crippen LogP contribution in [0.4, 0.5) is 0 Å². The van der Waals surface area contributed by atoms with Gasteiger partial charge in [-0.25, -0.2) is 4.79 Å². The number of methoxy groups -OCH3 is 1. The zero-order valence-electron chi connectivity index (χ0n) is 7.03. The number of thiophene rings is 1. The monoisotopic (exact) mass is 196 g/mol. The number of carbonyl (C=O) groups excluding carboxylic acids is 1. The molecule has 1 rings (SSSR count). The minimum absolute atomic E-state index is 0.00453. The molecule has 68 valence electrons. The molecule has 1 N–H and O–H groups in total. The highest BCUT2D eigenvalue weighted by Gasteiger charge is 1.96. The van der Waals surface area contributed by atoms with E-state index in [0.717, 1.165) is 9.75 Å². The molecule has 0 amide bonds. The molecule has 1 heterocycles. The van der Waals surface area contributed by atoms with Crippen LogP contribution in [0.3, 0.4) is 0 Å². The van der Waals surface area contributed by atoms with Gasteiger partial charge in [-0.05, 0) is 18.1 Å². The number of esters is 1. The molecule has 1 aromatic heterocycles. The highest BCUT2D eigenvalue weighted by Crippen LogP contribution is 2.14. The molecule has 0 aromatic carbocycles. The number of ether oxygens (including phenoxy) is 1. The molecular formula is C9H8O3S. The molecule has 1 aromatic rings. The van der Waals surface area contributed by atoms with Crippen LogP contribution in [0.15, 0.2) is 12.1 Å². The van der Waals surface area contributed by atoms with Crippen molar-refractivity contribution in [3.8, 4) is 11.8 Å². The summed E-state index contributed by atoms with van der Waals surface area (Å²) in [7, 11) is 1.28. The Morgan fingerprint density at radius 1 is 1.69 bits per heavy atom. The van der Waals surface area contributed by atoms with Crippen LogP contribution in [0.2, 0.25) is 0 Å². The zero-order valence-corrected chi connectivity index (χ0v) is 7.85. The third-order valence-corrected chi connectivity index (χ3v) is 2.28. The second kappa shape index (κ2) is 4.65. The summed E-state index contributed by atoms with van der Waals surface area (Å²) in [5.74, 6) is 4.38. The third kappa shape index (κ3) is 2.90. The Kier molecular flexibility index (Phi) is 3.50. The van der Waals surface area contributed by atoms with Crippen molar-refractivity contribution in [2.75, 3.05) is 7.11 Å². The Morgan fingerprint density at radius 2 is 2.46 bits per heavy atom. The maximum Gasteiger partial charge on any atom is 0.384 e. The highest BCUT2D eigenvalue weighted by molar-refractivity contribution is 7.12. The number of aliphatic hydroxyl groups is 1. The second-order valence-corrected chi connectivity index (χ2v) is 3.33. The fraction of sp³-hybridized carbons (Fsp3) is 0.222. The summed E-state index contributed by atoms with van der Waals surface area (Å²) in [6.45, 7) is 0.00453. The fourth-order valence-corrected chi connectivity index (χ4v) is 1.41. The summed E-state index contributed by atoms with van der Waals surface area (Å²) in [6.07, 6.45) is 0. The van der Waals surface area contributed by atoms with Gasteiger partial charge in [0.25, 0.3) is 0 Å². The fourth-order valence-electron chi connectivity index (χ4n) is 0.694. The lowest BCUT2D eigenvalue weighted by Gasteiger charge is -1.83. The Morgan fingerprint density at radius 3 is 3.00 bits per heavy atom. The van der Waals surface area contributed by atoms with Crippen LogP contribution in [0, 0.1) is 11.8 Å². The van der Waals surface area contributed by atoms with Crippen molar-refractivity contribution >= 4 is 17.3 Å². The molecule has 0 fully saturated rings. The quantitative estimate of drug-likeness (QED) is 0.533. The molecule has 0 radical (unpaired) electrons. The van der Waals surface area contributed by atoms with Gasteiger partial charge in [0.1, 0.15) is 0 Å². The first-order valence-electron chi connectivity index (χ1n) is 3.56. The molecule has 0 atom stereocenters. The van der Waals surface area contributed by atoms with Crippen LogP contribution in [0.5, 0.6) is 0 Å². The van der Waals surface area contributed by atoms with Gasteiger partial charge in [0.2, 0.25) is 0 Å². The molecule has 3 nitrogen and oxygen atoms in total. The van der Waals surface area contributed by atoms with Gasteiger partial charge in [-0.2, -0.15) is 0 Å². The van der Waals surface area contributed by atoms with E-state index >= 15 is 0 Å². The van der Waals surface area contributed by atoms with Gasteiger partial charge in [-0.3, -0.25) is 0 Å². The van der Waals surface area contributed by atoms with Crippen molar-refractivity contribution < 1.29 is 14.6 Å².